The molecule has 2 heterocycles. The summed E-state index contributed by atoms with van der Waals surface area (Å²) in [5, 5.41) is 4.03. The molecule has 26 heavy (non-hydrogen) atoms. The zero-order chi connectivity index (χ0) is 18.1. The van der Waals surface area contributed by atoms with Gasteiger partial charge in [0.2, 0.25) is 17.6 Å². The SMILES string of the molecule is CCc1nc(-c2ccc3c(c2)CCN3C(=O)Cc2ccccc2Br)no1. The third-order valence-corrected chi connectivity index (χ3v) is 5.38. The van der Waals surface area contributed by atoms with Crippen molar-refractivity contribution in [3.05, 3.63) is 64.0 Å². The van der Waals surface area contributed by atoms with Crippen LogP contribution in [0.15, 0.2) is 51.5 Å². The van der Waals surface area contributed by atoms with Gasteiger partial charge in [0.1, 0.15) is 0 Å². The van der Waals surface area contributed by atoms with E-state index in [4.69, 9.17) is 4.52 Å². The topological polar surface area (TPSA) is 59.2 Å². The summed E-state index contributed by atoms with van der Waals surface area (Å²) in [4.78, 5) is 19.0. The van der Waals surface area contributed by atoms with Crippen molar-refractivity contribution < 1.29 is 9.32 Å². The Morgan fingerprint density at radius 2 is 2.12 bits per heavy atom. The van der Waals surface area contributed by atoms with Crippen molar-refractivity contribution >= 4 is 27.5 Å². The Balaban J connectivity index is 1.56. The summed E-state index contributed by atoms with van der Waals surface area (Å²) in [6.07, 6.45) is 1.94. The minimum atomic E-state index is 0.108. The van der Waals surface area contributed by atoms with Gasteiger partial charge in [-0.1, -0.05) is 46.2 Å². The average Bonchev–Trinajstić information content (AvgIpc) is 3.29. The average molecular weight is 412 g/mol. The summed E-state index contributed by atoms with van der Waals surface area (Å²) in [5.74, 6) is 1.34. The molecule has 4 rings (SSSR count). The van der Waals surface area contributed by atoms with Gasteiger partial charge >= 0.3 is 0 Å². The molecule has 1 amide bonds. The highest BCUT2D eigenvalue weighted by Crippen LogP contribution is 2.32. The van der Waals surface area contributed by atoms with Crippen LogP contribution in [-0.4, -0.2) is 22.6 Å². The molecule has 0 aliphatic carbocycles. The lowest BCUT2D eigenvalue weighted by Crippen LogP contribution is -2.30. The molecule has 0 radical (unpaired) electrons. The highest BCUT2D eigenvalue weighted by molar-refractivity contribution is 9.10. The predicted molar refractivity (Wildman–Crippen MR) is 103 cm³/mol. The molecule has 6 heteroatoms. The zero-order valence-electron chi connectivity index (χ0n) is 14.4. The Labute approximate surface area is 160 Å². The normalized spacial score (nSPS) is 13.1. The number of anilines is 1. The van der Waals surface area contributed by atoms with Gasteiger partial charge in [-0.25, -0.2) is 0 Å². The van der Waals surface area contributed by atoms with Crippen LogP contribution in [0.4, 0.5) is 5.69 Å². The molecule has 3 aromatic rings. The number of halogens is 1. The Morgan fingerprint density at radius 3 is 2.88 bits per heavy atom. The molecule has 0 fully saturated rings. The number of rotatable bonds is 4. The third kappa shape index (κ3) is 3.17. The number of nitrogens with zero attached hydrogens (tertiary/aromatic N) is 3. The molecule has 2 aromatic carbocycles. The minimum Gasteiger partial charge on any atom is -0.339 e. The molecule has 0 saturated carbocycles. The number of hydrogen-bond acceptors (Lipinski definition) is 4. The van der Waals surface area contributed by atoms with E-state index in [1.165, 1.54) is 0 Å². The Hall–Kier alpha value is -2.47. The molecule has 0 spiro atoms. The molecular formula is C20H18BrN3O2. The quantitative estimate of drug-likeness (QED) is 0.645. The van der Waals surface area contributed by atoms with E-state index in [-0.39, 0.29) is 5.91 Å². The summed E-state index contributed by atoms with van der Waals surface area (Å²) in [6.45, 7) is 2.68. The lowest BCUT2D eigenvalue weighted by molar-refractivity contribution is -0.117. The molecule has 132 valence electrons. The predicted octanol–water partition coefficient (Wildman–Crippen LogP) is 4.19. The molecule has 0 saturated heterocycles. The van der Waals surface area contributed by atoms with E-state index in [9.17, 15) is 4.79 Å². The molecule has 1 aliphatic heterocycles. The van der Waals surface area contributed by atoms with Crippen LogP contribution < -0.4 is 4.90 Å². The first-order valence-electron chi connectivity index (χ1n) is 8.65. The summed E-state index contributed by atoms with van der Waals surface area (Å²) in [7, 11) is 0. The van der Waals surface area contributed by atoms with Gasteiger partial charge in [-0.05, 0) is 41.8 Å². The number of carbonyl (C=O) groups excluding carboxylic acids is 1. The van der Waals surface area contributed by atoms with Crippen molar-refractivity contribution in [3.63, 3.8) is 0 Å². The van der Waals surface area contributed by atoms with Crippen LogP contribution >= 0.6 is 15.9 Å². The van der Waals surface area contributed by atoms with Gasteiger partial charge < -0.3 is 9.42 Å². The Kier molecular flexibility index (Phi) is 4.59. The summed E-state index contributed by atoms with van der Waals surface area (Å²) < 4.78 is 6.16. The maximum atomic E-state index is 12.8. The second-order valence-electron chi connectivity index (χ2n) is 6.27. The Morgan fingerprint density at radius 1 is 1.27 bits per heavy atom. The van der Waals surface area contributed by atoms with Crippen LogP contribution in [0.3, 0.4) is 0 Å². The summed E-state index contributed by atoms with van der Waals surface area (Å²) in [5.41, 5.74) is 4.05. The highest BCUT2D eigenvalue weighted by atomic mass is 79.9. The van der Waals surface area contributed by atoms with Crippen LogP contribution in [0.1, 0.15) is 23.9 Å². The van der Waals surface area contributed by atoms with Gasteiger partial charge in [0.05, 0.1) is 6.42 Å². The van der Waals surface area contributed by atoms with Crippen LogP contribution in [0.5, 0.6) is 0 Å². The number of amides is 1. The summed E-state index contributed by atoms with van der Waals surface area (Å²) in [6, 6.07) is 13.8. The van der Waals surface area contributed by atoms with Gasteiger partial charge in [0, 0.05) is 28.7 Å². The second-order valence-corrected chi connectivity index (χ2v) is 7.13. The van der Waals surface area contributed by atoms with E-state index in [0.29, 0.717) is 24.7 Å². The number of aromatic nitrogens is 2. The lowest BCUT2D eigenvalue weighted by Gasteiger charge is -2.18. The van der Waals surface area contributed by atoms with E-state index < -0.39 is 0 Å². The molecule has 1 aliphatic rings. The van der Waals surface area contributed by atoms with Gasteiger partial charge in [0.15, 0.2) is 0 Å². The fraction of sp³-hybridized carbons (Fsp3) is 0.250. The van der Waals surface area contributed by atoms with Crippen LogP contribution in [0.25, 0.3) is 11.4 Å². The van der Waals surface area contributed by atoms with E-state index >= 15 is 0 Å². The van der Waals surface area contributed by atoms with Crippen LogP contribution in [0, 0.1) is 0 Å². The first-order valence-corrected chi connectivity index (χ1v) is 9.44. The lowest BCUT2D eigenvalue weighted by atomic mass is 10.1. The maximum Gasteiger partial charge on any atom is 0.231 e. The van der Waals surface area contributed by atoms with E-state index in [1.54, 1.807) is 0 Å². The molecule has 0 bridgehead atoms. The third-order valence-electron chi connectivity index (χ3n) is 4.60. The van der Waals surface area contributed by atoms with Gasteiger partial charge in [-0.3, -0.25) is 4.79 Å². The standard InChI is InChI=1S/C20H18BrN3O2/c1-2-18-22-20(23-26-18)15-7-8-17-14(11-15)9-10-24(17)19(25)12-13-5-3-4-6-16(13)21/h3-8,11H,2,9-10,12H2,1H3. The van der Waals surface area contributed by atoms with E-state index in [1.807, 2.05) is 48.2 Å². The van der Waals surface area contributed by atoms with Crippen molar-refractivity contribution in [1.29, 1.82) is 0 Å². The van der Waals surface area contributed by atoms with Crippen molar-refractivity contribution in [2.45, 2.75) is 26.2 Å². The fourth-order valence-corrected chi connectivity index (χ4v) is 3.64. The first-order chi connectivity index (χ1) is 12.7. The van der Waals surface area contributed by atoms with Gasteiger partial charge in [0.25, 0.3) is 0 Å². The number of benzene rings is 2. The van der Waals surface area contributed by atoms with Crippen molar-refractivity contribution in [2.24, 2.45) is 0 Å². The Bertz CT molecular complexity index is 967. The molecule has 0 unspecified atom stereocenters. The number of fused-ring (bicyclic) bond motifs is 1. The van der Waals surface area contributed by atoms with Crippen molar-refractivity contribution in [2.75, 3.05) is 11.4 Å². The largest absolute Gasteiger partial charge is 0.339 e. The molecular weight excluding hydrogens is 394 g/mol. The number of carbonyl (C=O) groups is 1. The smallest absolute Gasteiger partial charge is 0.231 e. The van der Waals surface area contributed by atoms with Crippen LogP contribution in [-0.2, 0) is 24.1 Å². The van der Waals surface area contributed by atoms with E-state index in [0.717, 1.165) is 39.7 Å². The minimum absolute atomic E-state index is 0.108. The molecule has 0 N–H and O–H groups in total. The van der Waals surface area contributed by atoms with Crippen molar-refractivity contribution in [1.82, 2.24) is 10.1 Å². The first kappa shape index (κ1) is 17.0. The van der Waals surface area contributed by atoms with Gasteiger partial charge in [-0.2, -0.15) is 4.98 Å². The summed E-state index contributed by atoms with van der Waals surface area (Å²) >= 11 is 3.51. The fourth-order valence-electron chi connectivity index (χ4n) is 3.22. The molecule has 5 nitrogen and oxygen atoms in total. The monoisotopic (exact) mass is 411 g/mol. The highest BCUT2D eigenvalue weighted by Gasteiger charge is 2.25. The number of aryl methyl sites for hydroxylation is 1. The molecule has 1 aromatic heterocycles. The second kappa shape index (κ2) is 7.03. The number of hydrogen-bond donors (Lipinski definition) is 0. The van der Waals surface area contributed by atoms with Crippen molar-refractivity contribution in [3.8, 4) is 11.4 Å². The van der Waals surface area contributed by atoms with Crippen LogP contribution in [0.2, 0.25) is 0 Å². The zero-order valence-corrected chi connectivity index (χ0v) is 16.0. The van der Waals surface area contributed by atoms with E-state index in [2.05, 4.69) is 32.1 Å². The maximum absolute atomic E-state index is 12.8. The van der Waals surface area contributed by atoms with Gasteiger partial charge in [-0.15, -0.1) is 0 Å². The molecule has 0 atom stereocenters.